The summed E-state index contributed by atoms with van der Waals surface area (Å²) in [6.45, 7) is 0.542. The molecule has 0 aliphatic heterocycles. The van der Waals surface area contributed by atoms with Crippen LogP contribution in [0.3, 0.4) is 0 Å². The summed E-state index contributed by atoms with van der Waals surface area (Å²) in [6, 6.07) is 14.2. The molecule has 120 valence electrons. The highest BCUT2D eigenvalue weighted by atomic mass is 32.2. The van der Waals surface area contributed by atoms with Gasteiger partial charge in [0.1, 0.15) is 0 Å². The molecule has 0 heterocycles. The van der Waals surface area contributed by atoms with Crippen LogP contribution in [0.4, 0.5) is 5.69 Å². The van der Waals surface area contributed by atoms with Crippen LogP contribution in [0.15, 0.2) is 53.4 Å². The van der Waals surface area contributed by atoms with E-state index in [-0.39, 0.29) is 18.0 Å². The Morgan fingerprint density at radius 1 is 1.09 bits per heavy atom. The number of likely N-dealkylation sites (N-methyl/N-ethyl adjacent to an activating group) is 1. The molecule has 2 aromatic rings. The number of hydrogen-bond donors (Lipinski definition) is 0. The first-order valence-corrected chi connectivity index (χ1v) is 8.32. The molecule has 1 amide bonds. The predicted molar refractivity (Wildman–Crippen MR) is 91.5 cm³/mol. The molecule has 2 aromatic carbocycles. The number of amides is 1. The summed E-state index contributed by atoms with van der Waals surface area (Å²) in [4.78, 5) is 25.3. The maximum absolute atomic E-state index is 12.2. The number of hydrogen-bond acceptors (Lipinski definition) is 4. The third-order valence-corrected chi connectivity index (χ3v) is 4.25. The largest absolute Gasteiger partial charge is 0.341 e. The molecule has 0 bridgehead atoms. The van der Waals surface area contributed by atoms with Crippen LogP contribution >= 0.6 is 11.8 Å². The van der Waals surface area contributed by atoms with Crippen LogP contribution in [0.2, 0.25) is 0 Å². The van der Waals surface area contributed by atoms with Crippen molar-refractivity contribution in [3.05, 3.63) is 69.8 Å². The molecule has 0 fully saturated rings. The number of thioether (sulfide) groups is 1. The smallest absolute Gasteiger partial charge is 0.269 e. The van der Waals surface area contributed by atoms with Crippen molar-refractivity contribution in [2.45, 2.75) is 17.9 Å². The van der Waals surface area contributed by atoms with Crippen molar-refractivity contribution in [1.29, 1.82) is 0 Å². The highest BCUT2D eigenvalue weighted by Crippen LogP contribution is 2.16. The van der Waals surface area contributed by atoms with Gasteiger partial charge in [0.05, 0.1) is 11.3 Å². The number of benzene rings is 2. The van der Waals surface area contributed by atoms with Gasteiger partial charge in [0.2, 0.25) is 5.91 Å². The minimum atomic E-state index is -0.448. The van der Waals surface area contributed by atoms with Crippen molar-refractivity contribution in [3.63, 3.8) is 0 Å². The van der Waals surface area contributed by atoms with Crippen LogP contribution in [0.5, 0.6) is 0 Å². The number of carbonyl (C=O) groups is 1. The van der Waals surface area contributed by atoms with Crippen molar-refractivity contribution in [2.75, 3.05) is 13.3 Å². The second-order valence-electron chi connectivity index (χ2n) is 5.20. The highest BCUT2D eigenvalue weighted by molar-refractivity contribution is 7.98. The molecule has 0 saturated heterocycles. The third-order valence-electron chi connectivity index (χ3n) is 3.51. The Kier molecular flexibility index (Phi) is 5.76. The van der Waals surface area contributed by atoms with Crippen molar-refractivity contribution in [3.8, 4) is 0 Å². The molecular formula is C17H18N2O3S. The highest BCUT2D eigenvalue weighted by Gasteiger charge is 2.11. The van der Waals surface area contributed by atoms with Crippen LogP contribution < -0.4 is 0 Å². The average molecular weight is 330 g/mol. The SMILES string of the molecule is CSc1ccc(CN(C)C(=O)Cc2ccc([N+](=O)[O-])cc2)cc1. The number of nitro benzene ring substituents is 1. The number of non-ortho nitro benzene ring substituents is 1. The van der Waals surface area contributed by atoms with Crippen molar-refractivity contribution in [1.82, 2.24) is 4.90 Å². The van der Waals surface area contributed by atoms with Crippen LogP contribution in [0, 0.1) is 10.1 Å². The molecule has 0 saturated carbocycles. The fourth-order valence-corrected chi connectivity index (χ4v) is 2.55. The van der Waals surface area contributed by atoms with Gasteiger partial charge in [-0.05, 0) is 29.5 Å². The molecule has 0 aromatic heterocycles. The lowest BCUT2D eigenvalue weighted by molar-refractivity contribution is -0.384. The summed E-state index contributed by atoms with van der Waals surface area (Å²) >= 11 is 1.68. The Morgan fingerprint density at radius 3 is 2.17 bits per heavy atom. The molecule has 0 radical (unpaired) electrons. The van der Waals surface area contributed by atoms with Crippen molar-refractivity contribution >= 4 is 23.4 Å². The molecule has 23 heavy (non-hydrogen) atoms. The Hall–Kier alpha value is -2.34. The minimum Gasteiger partial charge on any atom is -0.341 e. The van der Waals surface area contributed by atoms with Crippen LogP contribution in [-0.2, 0) is 17.8 Å². The van der Waals surface area contributed by atoms with Gasteiger partial charge in [0.25, 0.3) is 5.69 Å². The monoisotopic (exact) mass is 330 g/mol. The number of nitro groups is 1. The number of carbonyl (C=O) groups excluding carboxylic acids is 1. The Balaban J connectivity index is 1.94. The van der Waals surface area contributed by atoms with Gasteiger partial charge in [-0.25, -0.2) is 0 Å². The molecule has 0 aliphatic rings. The fraction of sp³-hybridized carbons (Fsp3) is 0.235. The summed E-state index contributed by atoms with van der Waals surface area (Å²) < 4.78 is 0. The zero-order valence-corrected chi connectivity index (χ0v) is 13.9. The van der Waals surface area contributed by atoms with Gasteiger partial charge in [-0.2, -0.15) is 0 Å². The zero-order valence-electron chi connectivity index (χ0n) is 13.1. The Morgan fingerprint density at radius 2 is 1.65 bits per heavy atom. The van der Waals surface area contributed by atoms with Crippen LogP contribution in [0.1, 0.15) is 11.1 Å². The van der Waals surface area contributed by atoms with Crippen molar-refractivity contribution in [2.24, 2.45) is 0 Å². The summed E-state index contributed by atoms with van der Waals surface area (Å²) in [7, 11) is 1.76. The van der Waals surface area contributed by atoms with Crippen LogP contribution in [-0.4, -0.2) is 29.0 Å². The average Bonchev–Trinajstić information content (AvgIpc) is 2.56. The third kappa shape index (κ3) is 4.82. The van der Waals surface area contributed by atoms with E-state index in [1.807, 2.05) is 30.5 Å². The first kappa shape index (κ1) is 17.0. The van der Waals surface area contributed by atoms with Gasteiger partial charge in [-0.15, -0.1) is 11.8 Å². The van der Waals surface area contributed by atoms with Gasteiger partial charge in [-0.3, -0.25) is 14.9 Å². The Labute approximate surface area is 139 Å². The van der Waals surface area contributed by atoms with Gasteiger partial charge in [0, 0.05) is 30.6 Å². The predicted octanol–water partition coefficient (Wildman–Crippen LogP) is 3.52. The van der Waals surface area contributed by atoms with E-state index in [0.717, 1.165) is 11.1 Å². The van der Waals surface area contributed by atoms with Gasteiger partial charge in [-0.1, -0.05) is 24.3 Å². The molecule has 0 atom stereocenters. The molecule has 2 rings (SSSR count). The van der Waals surface area contributed by atoms with E-state index in [4.69, 9.17) is 0 Å². The van der Waals surface area contributed by atoms with Gasteiger partial charge >= 0.3 is 0 Å². The lowest BCUT2D eigenvalue weighted by Gasteiger charge is -2.17. The van der Waals surface area contributed by atoms with Crippen LogP contribution in [0.25, 0.3) is 0 Å². The normalized spacial score (nSPS) is 10.3. The zero-order chi connectivity index (χ0) is 16.8. The molecule has 5 nitrogen and oxygen atoms in total. The number of nitrogens with zero attached hydrogens (tertiary/aromatic N) is 2. The van der Waals surface area contributed by atoms with E-state index in [0.29, 0.717) is 6.54 Å². The minimum absolute atomic E-state index is 0.0206. The Bertz CT molecular complexity index is 684. The maximum atomic E-state index is 12.2. The molecule has 0 unspecified atom stereocenters. The number of rotatable bonds is 6. The summed E-state index contributed by atoms with van der Waals surface area (Å²) in [6.07, 6.45) is 2.26. The maximum Gasteiger partial charge on any atom is 0.269 e. The molecule has 0 N–H and O–H groups in total. The van der Waals surface area contributed by atoms with E-state index in [1.165, 1.54) is 17.0 Å². The lowest BCUT2D eigenvalue weighted by atomic mass is 10.1. The summed E-state index contributed by atoms with van der Waals surface area (Å²) in [5.41, 5.74) is 1.87. The molecular weight excluding hydrogens is 312 g/mol. The lowest BCUT2D eigenvalue weighted by Crippen LogP contribution is -2.27. The second kappa shape index (κ2) is 7.78. The van der Waals surface area contributed by atoms with E-state index in [2.05, 4.69) is 0 Å². The first-order valence-electron chi connectivity index (χ1n) is 7.10. The van der Waals surface area contributed by atoms with Crippen molar-refractivity contribution < 1.29 is 9.72 Å². The van der Waals surface area contributed by atoms with Gasteiger partial charge < -0.3 is 4.90 Å². The van der Waals surface area contributed by atoms with E-state index in [9.17, 15) is 14.9 Å². The summed E-state index contributed by atoms with van der Waals surface area (Å²) in [5.74, 6) is -0.0206. The standard InChI is InChI=1S/C17H18N2O3S/c1-18(12-14-5-9-16(23-2)10-6-14)17(20)11-13-3-7-15(8-4-13)19(21)22/h3-10H,11-12H2,1-2H3. The molecule has 0 aliphatic carbocycles. The van der Waals surface area contributed by atoms with Gasteiger partial charge in [0.15, 0.2) is 0 Å². The fourth-order valence-electron chi connectivity index (χ4n) is 2.14. The second-order valence-corrected chi connectivity index (χ2v) is 6.08. The quantitative estimate of drug-likeness (QED) is 0.462. The molecule has 6 heteroatoms. The first-order chi connectivity index (χ1) is 11.0. The van der Waals surface area contributed by atoms with E-state index < -0.39 is 4.92 Å². The molecule has 0 spiro atoms. The summed E-state index contributed by atoms with van der Waals surface area (Å²) in [5, 5.41) is 10.6. The topological polar surface area (TPSA) is 63.5 Å². The van der Waals surface area contributed by atoms with E-state index >= 15 is 0 Å². The van der Waals surface area contributed by atoms with E-state index in [1.54, 1.807) is 35.8 Å².